The van der Waals surface area contributed by atoms with Crippen LogP contribution in [0.15, 0.2) is 42.5 Å². The monoisotopic (exact) mass is 380 g/mol. The first-order chi connectivity index (χ1) is 13.2. The zero-order valence-electron chi connectivity index (χ0n) is 16.0. The van der Waals surface area contributed by atoms with Crippen molar-refractivity contribution < 1.29 is 14.5 Å². The highest BCUT2D eigenvalue weighted by molar-refractivity contribution is 6.03. The number of ether oxygens (including phenoxy) is 1. The second-order valence-electron chi connectivity index (χ2n) is 6.65. The Morgan fingerprint density at radius 1 is 1.04 bits per heavy atom. The van der Waals surface area contributed by atoms with Gasteiger partial charge >= 0.3 is 0 Å². The van der Waals surface area contributed by atoms with Crippen LogP contribution in [0.5, 0.6) is 11.5 Å². The van der Waals surface area contributed by atoms with Gasteiger partial charge in [0.25, 0.3) is 11.6 Å². The van der Waals surface area contributed by atoms with E-state index in [1.54, 1.807) is 23.9 Å². The van der Waals surface area contributed by atoms with Crippen molar-refractivity contribution in [1.82, 2.24) is 9.78 Å². The van der Waals surface area contributed by atoms with E-state index in [1.807, 2.05) is 39.0 Å². The van der Waals surface area contributed by atoms with Gasteiger partial charge < -0.3 is 10.1 Å². The molecule has 1 heterocycles. The summed E-state index contributed by atoms with van der Waals surface area (Å²) in [5.74, 6) is 0.365. The number of nitro groups is 1. The van der Waals surface area contributed by atoms with Crippen LogP contribution in [0.1, 0.15) is 27.3 Å². The molecule has 8 heteroatoms. The van der Waals surface area contributed by atoms with Crippen LogP contribution in [-0.2, 0) is 7.05 Å². The van der Waals surface area contributed by atoms with E-state index < -0.39 is 10.8 Å². The number of benzene rings is 2. The number of amides is 1. The maximum absolute atomic E-state index is 12.4. The molecule has 0 atom stereocenters. The van der Waals surface area contributed by atoms with E-state index in [9.17, 15) is 14.9 Å². The fourth-order valence-corrected chi connectivity index (χ4v) is 2.81. The number of anilines is 1. The molecule has 28 heavy (non-hydrogen) atoms. The Morgan fingerprint density at radius 3 is 2.25 bits per heavy atom. The smallest absolute Gasteiger partial charge is 0.276 e. The molecule has 0 fully saturated rings. The molecule has 0 aliphatic rings. The molecule has 0 saturated carbocycles. The van der Waals surface area contributed by atoms with Gasteiger partial charge in [-0.3, -0.25) is 19.6 Å². The van der Waals surface area contributed by atoms with Gasteiger partial charge in [-0.2, -0.15) is 5.10 Å². The molecular weight excluding hydrogens is 360 g/mol. The van der Waals surface area contributed by atoms with Crippen molar-refractivity contribution in [2.45, 2.75) is 20.8 Å². The molecule has 8 nitrogen and oxygen atoms in total. The highest BCUT2D eigenvalue weighted by Gasteiger charge is 2.16. The molecule has 3 rings (SSSR count). The second-order valence-corrected chi connectivity index (χ2v) is 6.65. The number of rotatable bonds is 5. The molecular formula is C20H20N4O4. The van der Waals surface area contributed by atoms with E-state index in [2.05, 4.69) is 10.4 Å². The van der Waals surface area contributed by atoms with Crippen LogP contribution in [-0.4, -0.2) is 20.6 Å². The summed E-state index contributed by atoms with van der Waals surface area (Å²) in [6.07, 6.45) is 0. The number of aryl methyl sites for hydroxylation is 4. The SMILES string of the molecule is Cc1cc(C)cc(Oc2cc(NC(=O)c3cc(C)n(C)n3)cc([N+](=O)[O-])c2)c1. The molecule has 1 N–H and O–H groups in total. The van der Waals surface area contributed by atoms with Gasteiger partial charge in [-0.15, -0.1) is 0 Å². The Labute approximate surface area is 161 Å². The largest absolute Gasteiger partial charge is 0.457 e. The van der Waals surface area contributed by atoms with Crippen molar-refractivity contribution in [1.29, 1.82) is 0 Å². The minimum Gasteiger partial charge on any atom is -0.457 e. The number of non-ortho nitro benzene ring substituents is 1. The lowest BCUT2D eigenvalue weighted by Crippen LogP contribution is -2.13. The summed E-state index contributed by atoms with van der Waals surface area (Å²) >= 11 is 0. The predicted octanol–water partition coefficient (Wildman–Crippen LogP) is 4.30. The predicted molar refractivity (Wildman–Crippen MR) is 105 cm³/mol. The third-order valence-electron chi connectivity index (χ3n) is 4.14. The molecule has 0 aliphatic heterocycles. The molecule has 2 aromatic carbocycles. The quantitative estimate of drug-likeness (QED) is 0.525. The second kappa shape index (κ2) is 7.51. The minimum absolute atomic E-state index is 0.186. The summed E-state index contributed by atoms with van der Waals surface area (Å²) in [4.78, 5) is 23.2. The van der Waals surface area contributed by atoms with Crippen molar-refractivity contribution >= 4 is 17.3 Å². The van der Waals surface area contributed by atoms with Crippen molar-refractivity contribution in [3.8, 4) is 11.5 Å². The molecule has 0 bridgehead atoms. The maximum atomic E-state index is 12.4. The van der Waals surface area contributed by atoms with Crippen LogP contribution in [0.2, 0.25) is 0 Å². The van der Waals surface area contributed by atoms with E-state index >= 15 is 0 Å². The van der Waals surface area contributed by atoms with Gasteiger partial charge in [0.15, 0.2) is 5.69 Å². The summed E-state index contributed by atoms with van der Waals surface area (Å²) in [5, 5.41) is 18.0. The first-order valence-corrected chi connectivity index (χ1v) is 8.59. The van der Waals surface area contributed by atoms with Gasteiger partial charge in [0, 0.05) is 24.9 Å². The highest BCUT2D eigenvalue weighted by Crippen LogP contribution is 2.30. The van der Waals surface area contributed by atoms with Gasteiger partial charge in [0.05, 0.1) is 16.7 Å². The van der Waals surface area contributed by atoms with Crippen LogP contribution in [0.3, 0.4) is 0 Å². The van der Waals surface area contributed by atoms with Gasteiger partial charge in [-0.1, -0.05) is 6.07 Å². The Morgan fingerprint density at radius 2 is 1.68 bits per heavy atom. The lowest BCUT2D eigenvalue weighted by molar-refractivity contribution is -0.384. The molecule has 1 amide bonds. The summed E-state index contributed by atoms with van der Waals surface area (Å²) in [6.45, 7) is 5.70. The third-order valence-corrected chi connectivity index (χ3v) is 4.14. The Hall–Kier alpha value is -3.68. The Balaban J connectivity index is 1.90. The number of nitrogens with one attached hydrogen (secondary N) is 1. The lowest BCUT2D eigenvalue weighted by atomic mass is 10.1. The van der Waals surface area contributed by atoms with Gasteiger partial charge in [-0.25, -0.2) is 0 Å². The summed E-state index contributed by atoms with van der Waals surface area (Å²) in [5.41, 5.74) is 3.14. The molecule has 0 radical (unpaired) electrons. The molecule has 0 saturated heterocycles. The zero-order chi connectivity index (χ0) is 20.4. The molecule has 3 aromatic rings. The van der Waals surface area contributed by atoms with E-state index in [0.717, 1.165) is 16.8 Å². The zero-order valence-corrected chi connectivity index (χ0v) is 16.0. The molecule has 0 aliphatic carbocycles. The summed E-state index contributed by atoms with van der Waals surface area (Å²) < 4.78 is 7.39. The average molecular weight is 380 g/mol. The van der Waals surface area contributed by atoms with Crippen LogP contribution in [0.25, 0.3) is 0 Å². The maximum Gasteiger partial charge on any atom is 0.276 e. The van der Waals surface area contributed by atoms with Crippen molar-refractivity contribution in [2.75, 3.05) is 5.32 Å². The Kier molecular flexibility index (Phi) is 5.12. The number of carbonyl (C=O) groups is 1. The molecule has 144 valence electrons. The normalized spacial score (nSPS) is 10.6. The van der Waals surface area contributed by atoms with Crippen LogP contribution in [0, 0.1) is 30.9 Å². The van der Waals surface area contributed by atoms with Crippen LogP contribution in [0.4, 0.5) is 11.4 Å². The van der Waals surface area contributed by atoms with Crippen molar-refractivity contribution in [2.24, 2.45) is 7.05 Å². The first-order valence-electron chi connectivity index (χ1n) is 8.59. The lowest BCUT2D eigenvalue weighted by Gasteiger charge is -2.10. The van der Waals surface area contributed by atoms with E-state index in [0.29, 0.717) is 5.75 Å². The van der Waals surface area contributed by atoms with Gasteiger partial charge in [0.1, 0.15) is 11.5 Å². The van der Waals surface area contributed by atoms with Gasteiger partial charge in [-0.05, 0) is 50.1 Å². The average Bonchev–Trinajstić information content (AvgIpc) is 2.93. The highest BCUT2D eigenvalue weighted by atomic mass is 16.6. The van der Waals surface area contributed by atoms with Gasteiger partial charge in [0.2, 0.25) is 0 Å². The van der Waals surface area contributed by atoms with Crippen molar-refractivity contribution in [3.63, 3.8) is 0 Å². The number of aromatic nitrogens is 2. The summed E-state index contributed by atoms with van der Waals surface area (Å²) in [6, 6.07) is 11.4. The third kappa shape index (κ3) is 4.35. The van der Waals surface area contributed by atoms with E-state index in [4.69, 9.17) is 4.74 Å². The summed E-state index contributed by atoms with van der Waals surface area (Å²) in [7, 11) is 1.73. The van der Waals surface area contributed by atoms with Crippen LogP contribution < -0.4 is 10.1 Å². The number of hydrogen-bond donors (Lipinski definition) is 1. The number of carbonyl (C=O) groups excluding carboxylic acids is 1. The molecule has 0 spiro atoms. The van der Waals surface area contributed by atoms with E-state index in [1.165, 1.54) is 12.1 Å². The number of nitrogens with zero attached hydrogens (tertiary/aromatic N) is 3. The van der Waals surface area contributed by atoms with Crippen LogP contribution >= 0.6 is 0 Å². The molecule has 1 aromatic heterocycles. The number of hydrogen-bond acceptors (Lipinski definition) is 5. The standard InChI is InChI=1S/C20H20N4O4/c1-12-5-13(2)7-17(6-12)28-18-10-15(9-16(11-18)24(26)27)21-20(25)19-8-14(3)23(4)22-19/h5-11H,1-4H3,(H,21,25). The number of nitro benzene ring substituents is 1. The fourth-order valence-electron chi connectivity index (χ4n) is 2.81. The first kappa shape index (κ1) is 19.1. The molecule has 0 unspecified atom stereocenters. The Bertz CT molecular complexity index is 1030. The minimum atomic E-state index is -0.533. The fraction of sp³-hybridized carbons (Fsp3) is 0.200. The van der Waals surface area contributed by atoms with E-state index in [-0.39, 0.29) is 22.8 Å². The topological polar surface area (TPSA) is 99.3 Å². The van der Waals surface area contributed by atoms with Crippen molar-refractivity contribution in [3.05, 3.63) is 75.1 Å².